The summed E-state index contributed by atoms with van der Waals surface area (Å²) in [5.41, 5.74) is 5.90. The average Bonchev–Trinajstić information content (AvgIpc) is 2.53. The van der Waals surface area contributed by atoms with E-state index in [1.807, 2.05) is 18.3 Å². The first kappa shape index (κ1) is 14.1. The number of anilines is 1. The smallest absolute Gasteiger partial charge is 0.133 e. The van der Waals surface area contributed by atoms with Crippen molar-refractivity contribution >= 4 is 16.6 Å². The van der Waals surface area contributed by atoms with Crippen molar-refractivity contribution in [3.05, 3.63) is 30.5 Å². The molecule has 4 heteroatoms. The number of hydrogen-bond acceptors (Lipinski definition) is 4. The Morgan fingerprint density at radius 3 is 2.81 bits per heavy atom. The van der Waals surface area contributed by atoms with Crippen molar-refractivity contribution in [3.63, 3.8) is 0 Å². The van der Waals surface area contributed by atoms with E-state index in [0.29, 0.717) is 11.8 Å². The summed E-state index contributed by atoms with van der Waals surface area (Å²) in [7, 11) is 0. The lowest BCUT2D eigenvalue weighted by Gasteiger charge is -2.31. The van der Waals surface area contributed by atoms with E-state index < -0.39 is 0 Å². The number of rotatable bonds is 4. The van der Waals surface area contributed by atoms with Crippen molar-refractivity contribution in [1.29, 1.82) is 0 Å². The standard InChI is InChI=1S/C17H23N3O/c18-10-13-3-1-2-4-14(13)11-20-17-16-9-15(21)6-5-12(16)7-8-19-17/h5-9,13-14,21H,1-4,10-11,18H2,(H,19,20). The van der Waals surface area contributed by atoms with E-state index in [0.717, 1.165) is 29.7 Å². The molecule has 0 amide bonds. The minimum atomic E-state index is 0.274. The van der Waals surface area contributed by atoms with Crippen molar-refractivity contribution in [2.45, 2.75) is 25.7 Å². The van der Waals surface area contributed by atoms with Crippen LogP contribution in [0.1, 0.15) is 25.7 Å². The van der Waals surface area contributed by atoms with Gasteiger partial charge >= 0.3 is 0 Å². The molecule has 2 unspecified atom stereocenters. The Bertz CT molecular complexity index is 614. The van der Waals surface area contributed by atoms with E-state index in [2.05, 4.69) is 10.3 Å². The van der Waals surface area contributed by atoms with E-state index in [9.17, 15) is 5.11 Å². The molecule has 2 aromatic rings. The van der Waals surface area contributed by atoms with Crippen LogP contribution in [0.3, 0.4) is 0 Å². The Morgan fingerprint density at radius 2 is 2.00 bits per heavy atom. The third-order valence-electron chi connectivity index (χ3n) is 4.65. The molecular formula is C17H23N3O. The molecule has 0 aliphatic heterocycles. The van der Waals surface area contributed by atoms with Gasteiger partial charge in [0, 0.05) is 18.1 Å². The molecule has 3 rings (SSSR count). The quantitative estimate of drug-likeness (QED) is 0.807. The topological polar surface area (TPSA) is 71.2 Å². The summed E-state index contributed by atoms with van der Waals surface area (Å²) in [6, 6.07) is 7.35. The molecule has 1 aliphatic rings. The van der Waals surface area contributed by atoms with Gasteiger partial charge in [-0.15, -0.1) is 0 Å². The van der Waals surface area contributed by atoms with Crippen molar-refractivity contribution < 1.29 is 5.11 Å². The molecule has 4 N–H and O–H groups in total. The minimum Gasteiger partial charge on any atom is -0.508 e. The highest BCUT2D eigenvalue weighted by molar-refractivity contribution is 5.92. The summed E-state index contributed by atoms with van der Waals surface area (Å²) < 4.78 is 0. The Morgan fingerprint density at radius 1 is 1.19 bits per heavy atom. The number of nitrogens with two attached hydrogens (primary N) is 1. The van der Waals surface area contributed by atoms with Gasteiger partial charge in [0.25, 0.3) is 0 Å². The number of phenols is 1. The summed E-state index contributed by atoms with van der Waals surface area (Å²) in [4.78, 5) is 4.43. The molecule has 1 saturated carbocycles. The third kappa shape index (κ3) is 3.10. The molecule has 0 saturated heterocycles. The summed E-state index contributed by atoms with van der Waals surface area (Å²) in [5, 5.41) is 15.2. The highest BCUT2D eigenvalue weighted by atomic mass is 16.3. The van der Waals surface area contributed by atoms with E-state index in [4.69, 9.17) is 5.73 Å². The summed E-state index contributed by atoms with van der Waals surface area (Å²) in [5.74, 6) is 2.37. The second-order valence-electron chi connectivity index (χ2n) is 5.99. The van der Waals surface area contributed by atoms with Gasteiger partial charge < -0.3 is 16.2 Å². The number of nitrogens with one attached hydrogen (secondary N) is 1. The fraction of sp³-hybridized carbons (Fsp3) is 0.471. The van der Waals surface area contributed by atoms with Gasteiger partial charge in [0.1, 0.15) is 11.6 Å². The Kier molecular flexibility index (Phi) is 4.25. The molecule has 2 atom stereocenters. The van der Waals surface area contributed by atoms with Gasteiger partial charge in [0.2, 0.25) is 0 Å². The molecule has 1 heterocycles. The predicted octanol–water partition coefficient (Wildman–Crippen LogP) is 3.12. The fourth-order valence-electron chi connectivity index (χ4n) is 3.39. The maximum atomic E-state index is 9.68. The van der Waals surface area contributed by atoms with Gasteiger partial charge in [-0.2, -0.15) is 0 Å². The molecular weight excluding hydrogens is 262 g/mol. The molecule has 21 heavy (non-hydrogen) atoms. The molecule has 0 bridgehead atoms. The van der Waals surface area contributed by atoms with Gasteiger partial charge in [-0.1, -0.05) is 18.9 Å². The Balaban J connectivity index is 1.77. The van der Waals surface area contributed by atoms with Crippen molar-refractivity contribution in [2.24, 2.45) is 17.6 Å². The molecule has 1 aromatic heterocycles. The number of aromatic nitrogens is 1. The molecule has 0 radical (unpaired) electrons. The maximum absolute atomic E-state index is 9.68. The number of hydrogen-bond donors (Lipinski definition) is 3. The van der Waals surface area contributed by atoms with Gasteiger partial charge in [0.05, 0.1) is 0 Å². The lowest BCUT2D eigenvalue weighted by Crippen LogP contribution is -2.31. The van der Waals surface area contributed by atoms with E-state index in [1.165, 1.54) is 25.7 Å². The van der Waals surface area contributed by atoms with Crippen LogP contribution in [0.2, 0.25) is 0 Å². The SMILES string of the molecule is NCC1CCCCC1CNc1nccc2ccc(O)cc12. The Hall–Kier alpha value is -1.81. The van der Waals surface area contributed by atoms with E-state index >= 15 is 0 Å². The molecule has 1 fully saturated rings. The van der Waals surface area contributed by atoms with Gasteiger partial charge in [-0.3, -0.25) is 0 Å². The number of phenolic OH excluding ortho intramolecular Hbond substituents is 1. The van der Waals surface area contributed by atoms with Crippen molar-refractivity contribution in [1.82, 2.24) is 4.98 Å². The van der Waals surface area contributed by atoms with Crippen LogP contribution in [0.25, 0.3) is 10.8 Å². The maximum Gasteiger partial charge on any atom is 0.133 e. The highest BCUT2D eigenvalue weighted by Crippen LogP contribution is 2.30. The van der Waals surface area contributed by atoms with Gasteiger partial charge in [-0.25, -0.2) is 4.98 Å². The normalized spacial score (nSPS) is 22.3. The van der Waals surface area contributed by atoms with Crippen LogP contribution >= 0.6 is 0 Å². The van der Waals surface area contributed by atoms with Crippen molar-refractivity contribution in [3.8, 4) is 5.75 Å². The van der Waals surface area contributed by atoms with Crippen molar-refractivity contribution in [2.75, 3.05) is 18.4 Å². The first-order chi connectivity index (χ1) is 10.3. The lowest BCUT2D eigenvalue weighted by molar-refractivity contribution is 0.255. The molecule has 1 aliphatic carbocycles. The molecule has 0 spiro atoms. The number of aromatic hydroxyl groups is 1. The first-order valence-corrected chi connectivity index (χ1v) is 7.79. The first-order valence-electron chi connectivity index (χ1n) is 7.79. The van der Waals surface area contributed by atoms with Gasteiger partial charge in [0.15, 0.2) is 0 Å². The zero-order chi connectivity index (χ0) is 14.7. The van der Waals surface area contributed by atoms with Crippen LogP contribution in [-0.2, 0) is 0 Å². The van der Waals surface area contributed by atoms with Crippen LogP contribution in [0.15, 0.2) is 30.5 Å². The van der Waals surface area contributed by atoms with Crippen LogP contribution in [0, 0.1) is 11.8 Å². The zero-order valence-electron chi connectivity index (χ0n) is 12.3. The number of pyridine rings is 1. The largest absolute Gasteiger partial charge is 0.508 e. The van der Waals surface area contributed by atoms with Gasteiger partial charge in [-0.05, 0) is 54.8 Å². The number of fused-ring (bicyclic) bond motifs is 1. The number of nitrogens with zero attached hydrogens (tertiary/aromatic N) is 1. The predicted molar refractivity (Wildman–Crippen MR) is 86.4 cm³/mol. The summed E-state index contributed by atoms with van der Waals surface area (Å²) >= 11 is 0. The van der Waals surface area contributed by atoms with E-state index in [-0.39, 0.29) is 5.75 Å². The highest BCUT2D eigenvalue weighted by Gasteiger charge is 2.23. The van der Waals surface area contributed by atoms with Crippen LogP contribution in [0.4, 0.5) is 5.82 Å². The second kappa shape index (κ2) is 6.31. The Labute approximate surface area is 125 Å². The summed E-state index contributed by atoms with van der Waals surface area (Å²) in [6.07, 6.45) is 6.89. The summed E-state index contributed by atoms with van der Waals surface area (Å²) in [6.45, 7) is 1.68. The van der Waals surface area contributed by atoms with E-state index in [1.54, 1.807) is 12.1 Å². The van der Waals surface area contributed by atoms with Crippen LogP contribution < -0.4 is 11.1 Å². The van der Waals surface area contributed by atoms with Crippen LogP contribution in [-0.4, -0.2) is 23.2 Å². The lowest BCUT2D eigenvalue weighted by atomic mass is 9.79. The average molecular weight is 285 g/mol. The molecule has 112 valence electrons. The number of benzene rings is 1. The molecule has 1 aromatic carbocycles. The second-order valence-corrected chi connectivity index (χ2v) is 5.99. The zero-order valence-corrected chi connectivity index (χ0v) is 12.3. The fourth-order valence-corrected chi connectivity index (χ4v) is 3.39. The van der Waals surface area contributed by atoms with Crippen LogP contribution in [0.5, 0.6) is 5.75 Å². The third-order valence-corrected chi connectivity index (χ3v) is 4.65. The monoisotopic (exact) mass is 285 g/mol. The minimum absolute atomic E-state index is 0.274. The molecule has 4 nitrogen and oxygen atoms in total.